The van der Waals surface area contributed by atoms with Gasteiger partial charge in [-0.25, -0.2) is 4.79 Å². The minimum absolute atomic E-state index is 0.0590. The Morgan fingerprint density at radius 3 is 2.94 bits per heavy atom. The molecular weight excluding hydrogens is 230 g/mol. The van der Waals surface area contributed by atoms with Gasteiger partial charge in [-0.1, -0.05) is 17.7 Å². The number of aromatic hydroxyl groups is 1. The summed E-state index contributed by atoms with van der Waals surface area (Å²) in [4.78, 5) is 11.0. The molecule has 1 rings (SSSR count). The number of hydrogen-bond donors (Lipinski definition) is 2. The Morgan fingerprint density at radius 2 is 2.31 bits per heavy atom. The maximum Gasteiger partial charge on any atom is 0.407 e. The highest BCUT2D eigenvalue weighted by Crippen LogP contribution is 2.23. The van der Waals surface area contributed by atoms with Gasteiger partial charge >= 0.3 is 6.09 Å². The highest BCUT2D eigenvalue weighted by atomic mass is 35.5. The van der Waals surface area contributed by atoms with Crippen LogP contribution in [-0.2, 0) is 11.2 Å². The first-order valence-corrected chi connectivity index (χ1v) is 5.39. The molecule has 4 nitrogen and oxygen atoms in total. The van der Waals surface area contributed by atoms with E-state index in [-0.39, 0.29) is 5.75 Å². The monoisotopic (exact) mass is 243 g/mol. The molecule has 16 heavy (non-hydrogen) atoms. The van der Waals surface area contributed by atoms with E-state index in [0.717, 1.165) is 5.56 Å². The van der Waals surface area contributed by atoms with Gasteiger partial charge in [0.2, 0.25) is 0 Å². The largest absolute Gasteiger partial charge is 0.506 e. The lowest BCUT2D eigenvalue weighted by Gasteiger charge is -2.06. The maximum absolute atomic E-state index is 11.0. The maximum atomic E-state index is 11.0. The van der Waals surface area contributed by atoms with Crippen LogP contribution in [0.3, 0.4) is 0 Å². The van der Waals surface area contributed by atoms with Crippen LogP contribution in [0.25, 0.3) is 0 Å². The highest BCUT2D eigenvalue weighted by Gasteiger charge is 2.02. The van der Waals surface area contributed by atoms with Crippen molar-refractivity contribution in [3.8, 4) is 5.75 Å². The van der Waals surface area contributed by atoms with Crippen LogP contribution >= 0.6 is 11.6 Å². The molecule has 0 aliphatic rings. The van der Waals surface area contributed by atoms with Gasteiger partial charge in [0.1, 0.15) is 5.75 Å². The lowest BCUT2D eigenvalue weighted by molar-refractivity contribution is 0.152. The van der Waals surface area contributed by atoms with E-state index >= 15 is 0 Å². The summed E-state index contributed by atoms with van der Waals surface area (Å²) in [5, 5.41) is 12.1. The predicted octanol–water partition coefficient (Wildman–Crippen LogP) is 2.33. The number of carbonyl (C=O) groups excluding carboxylic acids is 1. The van der Waals surface area contributed by atoms with Gasteiger partial charge in [-0.05, 0) is 31.0 Å². The molecule has 2 N–H and O–H groups in total. The molecule has 0 bridgehead atoms. The first-order valence-electron chi connectivity index (χ1n) is 5.01. The van der Waals surface area contributed by atoms with Gasteiger partial charge in [0.05, 0.1) is 11.6 Å². The molecule has 0 unspecified atom stereocenters. The van der Waals surface area contributed by atoms with Crippen LogP contribution in [0.5, 0.6) is 5.75 Å². The van der Waals surface area contributed by atoms with Crippen LogP contribution < -0.4 is 5.32 Å². The van der Waals surface area contributed by atoms with E-state index in [9.17, 15) is 9.90 Å². The van der Waals surface area contributed by atoms with Gasteiger partial charge in [-0.2, -0.15) is 0 Å². The zero-order chi connectivity index (χ0) is 12.0. The van der Waals surface area contributed by atoms with Crippen molar-refractivity contribution in [3.63, 3.8) is 0 Å². The van der Waals surface area contributed by atoms with Crippen LogP contribution in [0, 0.1) is 0 Å². The molecule has 0 aromatic heterocycles. The number of rotatable bonds is 4. The van der Waals surface area contributed by atoms with E-state index in [4.69, 9.17) is 16.3 Å². The molecule has 0 saturated carbocycles. The predicted molar refractivity (Wildman–Crippen MR) is 61.8 cm³/mol. The van der Waals surface area contributed by atoms with E-state index < -0.39 is 6.09 Å². The molecule has 1 aromatic rings. The molecule has 0 fully saturated rings. The van der Waals surface area contributed by atoms with Gasteiger partial charge in [-0.3, -0.25) is 0 Å². The lowest BCUT2D eigenvalue weighted by Crippen LogP contribution is -2.26. The number of amides is 1. The third kappa shape index (κ3) is 3.98. The summed E-state index contributed by atoms with van der Waals surface area (Å²) in [6.07, 6.45) is 0.214. The Balaban J connectivity index is 2.37. The molecule has 5 heteroatoms. The second kappa shape index (κ2) is 6.23. The van der Waals surface area contributed by atoms with E-state index in [1.807, 2.05) is 0 Å². The minimum Gasteiger partial charge on any atom is -0.506 e. The van der Waals surface area contributed by atoms with Crippen molar-refractivity contribution < 1.29 is 14.6 Å². The summed E-state index contributed by atoms with van der Waals surface area (Å²) in [7, 11) is 0. The van der Waals surface area contributed by atoms with Gasteiger partial charge in [0.25, 0.3) is 0 Å². The second-order valence-electron chi connectivity index (χ2n) is 3.18. The average molecular weight is 244 g/mol. The molecule has 0 radical (unpaired) electrons. The zero-order valence-corrected chi connectivity index (χ0v) is 9.75. The average Bonchev–Trinajstić information content (AvgIpc) is 2.24. The molecule has 88 valence electrons. The Bertz CT molecular complexity index is 368. The summed E-state index contributed by atoms with van der Waals surface area (Å²) in [5.41, 5.74) is 0.944. The van der Waals surface area contributed by atoms with E-state index in [1.165, 1.54) is 6.07 Å². The van der Waals surface area contributed by atoms with Crippen molar-refractivity contribution in [3.05, 3.63) is 28.8 Å². The normalized spacial score (nSPS) is 9.88. The molecule has 1 amide bonds. The molecule has 0 atom stereocenters. The van der Waals surface area contributed by atoms with Crippen LogP contribution in [-0.4, -0.2) is 24.4 Å². The van der Waals surface area contributed by atoms with Crippen LogP contribution in [0.1, 0.15) is 12.5 Å². The number of halogens is 1. The number of alkyl carbamates (subject to hydrolysis) is 1. The van der Waals surface area contributed by atoms with Crippen molar-refractivity contribution in [1.82, 2.24) is 5.32 Å². The smallest absolute Gasteiger partial charge is 0.407 e. The van der Waals surface area contributed by atoms with Gasteiger partial charge < -0.3 is 15.2 Å². The van der Waals surface area contributed by atoms with Gasteiger partial charge in [0, 0.05) is 6.54 Å². The number of benzene rings is 1. The number of phenols is 1. The number of hydrogen-bond acceptors (Lipinski definition) is 3. The van der Waals surface area contributed by atoms with Gasteiger partial charge in [-0.15, -0.1) is 0 Å². The molecule has 0 aliphatic heterocycles. The van der Waals surface area contributed by atoms with Crippen molar-refractivity contribution in [2.24, 2.45) is 0 Å². The van der Waals surface area contributed by atoms with Crippen molar-refractivity contribution in [2.75, 3.05) is 13.2 Å². The van der Waals surface area contributed by atoms with Crippen LogP contribution in [0.15, 0.2) is 18.2 Å². The van der Waals surface area contributed by atoms with E-state index in [0.29, 0.717) is 24.6 Å². The topological polar surface area (TPSA) is 58.6 Å². The Labute approximate surface area is 99.2 Å². The quantitative estimate of drug-likeness (QED) is 0.853. The SMILES string of the molecule is CCOC(=O)NCCc1ccc(O)c(Cl)c1. The standard InChI is InChI=1S/C11H14ClNO3/c1-2-16-11(15)13-6-5-8-3-4-10(14)9(12)7-8/h3-4,7,14H,2,5-6H2,1H3,(H,13,15). The lowest BCUT2D eigenvalue weighted by atomic mass is 10.1. The van der Waals surface area contributed by atoms with Crippen LogP contribution in [0.4, 0.5) is 4.79 Å². The zero-order valence-electron chi connectivity index (χ0n) is 9.00. The summed E-state index contributed by atoms with van der Waals surface area (Å²) in [6.45, 7) is 2.58. The molecule has 0 saturated heterocycles. The summed E-state index contributed by atoms with van der Waals surface area (Å²) < 4.78 is 4.71. The second-order valence-corrected chi connectivity index (χ2v) is 3.59. The van der Waals surface area contributed by atoms with Crippen LogP contribution in [0.2, 0.25) is 5.02 Å². The van der Waals surface area contributed by atoms with E-state index in [1.54, 1.807) is 19.1 Å². The van der Waals surface area contributed by atoms with E-state index in [2.05, 4.69) is 5.32 Å². The fraction of sp³-hybridized carbons (Fsp3) is 0.364. The molecular formula is C11H14ClNO3. The molecule has 0 aliphatic carbocycles. The fourth-order valence-corrected chi connectivity index (χ4v) is 1.40. The van der Waals surface area contributed by atoms with Crippen molar-refractivity contribution in [2.45, 2.75) is 13.3 Å². The molecule has 1 aromatic carbocycles. The van der Waals surface area contributed by atoms with Crippen molar-refractivity contribution >= 4 is 17.7 Å². The molecule has 0 heterocycles. The Kier molecular flexibility index (Phi) is 4.92. The fourth-order valence-electron chi connectivity index (χ4n) is 1.20. The Morgan fingerprint density at radius 1 is 1.56 bits per heavy atom. The molecule has 0 spiro atoms. The first kappa shape index (κ1) is 12.6. The third-order valence-corrected chi connectivity index (χ3v) is 2.27. The number of nitrogens with one attached hydrogen (secondary N) is 1. The number of carbonyl (C=O) groups is 1. The summed E-state index contributed by atoms with van der Waals surface area (Å²) in [6, 6.07) is 4.96. The minimum atomic E-state index is -0.424. The number of ether oxygens (including phenoxy) is 1. The third-order valence-electron chi connectivity index (χ3n) is 1.97. The highest BCUT2D eigenvalue weighted by molar-refractivity contribution is 6.32. The Hall–Kier alpha value is -1.42. The number of phenolic OH excluding ortho intramolecular Hbond substituents is 1. The summed E-state index contributed by atoms with van der Waals surface area (Å²) in [5.74, 6) is 0.0590. The summed E-state index contributed by atoms with van der Waals surface area (Å²) >= 11 is 5.74. The van der Waals surface area contributed by atoms with Gasteiger partial charge in [0.15, 0.2) is 0 Å². The first-order chi connectivity index (χ1) is 7.63. The van der Waals surface area contributed by atoms with Crippen molar-refractivity contribution in [1.29, 1.82) is 0 Å².